The second-order valence-corrected chi connectivity index (χ2v) is 4.65. The normalized spacial score (nSPS) is 28.1. The maximum Gasteiger partial charge on any atom is 0.148 e. The van der Waals surface area contributed by atoms with Gasteiger partial charge in [0.2, 0.25) is 0 Å². The summed E-state index contributed by atoms with van der Waals surface area (Å²) in [6.07, 6.45) is 2.61. The van der Waals surface area contributed by atoms with Crippen molar-refractivity contribution in [3.63, 3.8) is 0 Å². The van der Waals surface area contributed by atoms with Crippen molar-refractivity contribution in [1.82, 2.24) is 9.97 Å². The highest BCUT2D eigenvalue weighted by Gasteiger charge is 2.37. The first-order valence-corrected chi connectivity index (χ1v) is 5.75. The van der Waals surface area contributed by atoms with E-state index in [2.05, 4.69) is 34.6 Å². The van der Waals surface area contributed by atoms with Gasteiger partial charge in [-0.1, -0.05) is 0 Å². The van der Waals surface area contributed by atoms with E-state index in [1.807, 2.05) is 6.92 Å². The highest BCUT2D eigenvalue weighted by atomic mass is 16.5. The van der Waals surface area contributed by atoms with Gasteiger partial charge in [0.15, 0.2) is 0 Å². The molecule has 0 bridgehead atoms. The fourth-order valence-corrected chi connectivity index (χ4v) is 1.99. The third-order valence-electron chi connectivity index (χ3n) is 3.51. The van der Waals surface area contributed by atoms with E-state index < -0.39 is 0 Å². The SMILES string of the molecule is Cc1c(NN)ncnc1NC1(C)CCOC1C. The second-order valence-electron chi connectivity index (χ2n) is 4.65. The lowest BCUT2D eigenvalue weighted by atomic mass is 9.94. The molecule has 0 amide bonds. The predicted molar refractivity (Wildman–Crippen MR) is 66.6 cm³/mol. The Labute approximate surface area is 101 Å². The zero-order valence-corrected chi connectivity index (χ0v) is 10.4. The number of aromatic nitrogens is 2. The largest absolute Gasteiger partial charge is 0.376 e. The molecule has 2 atom stereocenters. The monoisotopic (exact) mass is 237 g/mol. The number of hydrogen-bond donors (Lipinski definition) is 3. The molecule has 0 radical (unpaired) electrons. The van der Waals surface area contributed by atoms with Gasteiger partial charge in [-0.05, 0) is 27.2 Å². The van der Waals surface area contributed by atoms with Gasteiger partial charge in [-0.2, -0.15) is 0 Å². The van der Waals surface area contributed by atoms with Crippen LogP contribution in [0.2, 0.25) is 0 Å². The molecule has 6 heteroatoms. The van der Waals surface area contributed by atoms with Gasteiger partial charge >= 0.3 is 0 Å². The van der Waals surface area contributed by atoms with Gasteiger partial charge in [0.25, 0.3) is 0 Å². The molecule has 1 aromatic rings. The number of anilines is 2. The Hall–Kier alpha value is -1.40. The summed E-state index contributed by atoms with van der Waals surface area (Å²) < 4.78 is 5.59. The molecule has 1 aromatic heterocycles. The van der Waals surface area contributed by atoms with Crippen LogP contribution in [0.3, 0.4) is 0 Å². The first-order chi connectivity index (χ1) is 8.07. The van der Waals surface area contributed by atoms with Crippen LogP contribution in [0.5, 0.6) is 0 Å². The van der Waals surface area contributed by atoms with E-state index >= 15 is 0 Å². The van der Waals surface area contributed by atoms with Crippen molar-refractivity contribution in [1.29, 1.82) is 0 Å². The van der Waals surface area contributed by atoms with Crippen molar-refractivity contribution in [3.8, 4) is 0 Å². The Morgan fingerprint density at radius 1 is 1.47 bits per heavy atom. The lowest BCUT2D eigenvalue weighted by Crippen LogP contribution is -2.41. The van der Waals surface area contributed by atoms with Crippen LogP contribution in [-0.4, -0.2) is 28.2 Å². The number of nitrogens with one attached hydrogen (secondary N) is 2. The fourth-order valence-electron chi connectivity index (χ4n) is 1.99. The van der Waals surface area contributed by atoms with Gasteiger partial charge in [-0.15, -0.1) is 0 Å². The topological polar surface area (TPSA) is 85.1 Å². The standard InChI is InChI=1S/C11H19N5O/c1-7-9(13-6-14-10(7)16-12)15-11(3)4-5-17-8(11)2/h6,8H,4-5,12H2,1-3H3,(H2,13,14,15,16). The van der Waals surface area contributed by atoms with E-state index in [1.165, 1.54) is 6.33 Å². The number of nitrogens with zero attached hydrogens (tertiary/aromatic N) is 2. The molecule has 2 heterocycles. The average Bonchev–Trinajstić information content (AvgIpc) is 2.62. The van der Waals surface area contributed by atoms with Gasteiger partial charge in [-0.25, -0.2) is 15.8 Å². The van der Waals surface area contributed by atoms with Gasteiger partial charge in [0.1, 0.15) is 18.0 Å². The van der Waals surface area contributed by atoms with Gasteiger partial charge in [0.05, 0.1) is 11.6 Å². The molecule has 0 spiro atoms. The van der Waals surface area contributed by atoms with Crippen LogP contribution in [0.25, 0.3) is 0 Å². The van der Waals surface area contributed by atoms with Crippen LogP contribution in [0.15, 0.2) is 6.33 Å². The molecule has 1 fully saturated rings. The summed E-state index contributed by atoms with van der Waals surface area (Å²) in [4.78, 5) is 8.31. The molecule has 6 nitrogen and oxygen atoms in total. The Kier molecular flexibility index (Phi) is 3.17. The molecule has 94 valence electrons. The molecule has 0 aromatic carbocycles. The molecule has 0 aliphatic carbocycles. The minimum absolute atomic E-state index is 0.0923. The van der Waals surface area contributed by atoms with E-state index in [0.717, 1.165) is 24.4 Å². The molecular formula is C11H19N5O. The third-order valence-corrected chi connectivity index (χ3v) is 3.51. The van der Waals surface area contributed by atoms with Crippen LogP contribution in [0, 0.1) is 6.92 Å². The Bertz CT molecular complexity index is 411. The van der Waals surface area contributed by atoms with Crippen molar-refractivity contribution in [2.45, 2.75) is 38.8 Å². The molecular weight excluding hydrogens is 218 g/mol. The number of rotatable bonds is 3. The Morgan fingerprint density at radius 2 is 2.18 bits per heavy atom. The van der Waals surface area contributed by atoms with Crippen molar-refractivity contribution in [2.24, 2.45) is 5.84 Å². The summed E-state index contributed by atoms with van der Waals surface area (Å²) in [6.45, 7) is 6.92. The van der Waals surface area contributed by atoms with Crippen LogP contribution in [0.4, 0.5) is 11.6 Å². The zero-order chi connectivity index (χ0) is 12.5. The number of hydrogen-bond acceptors (Lipinski definition) is 6. The molecule has 17 heavy (non-hydrogen) atoms. The van der Waals surface area contributed by atoms with E-state index in [0.29, 0.717) is 5.82 Å². The molecule has 2 rings (SSSR count). The van der Waals surface area contributed by atoms with Crippen LogP contribution in [-0.2, 0) is 4.74 Å². The van der Waals surface area contributed by atoms with Crippen LogP contribution >= 0.6 is 0 Å². The molecule has 0 saturated carbocycles. The number of nitrogen functional groups attached to an aromatic ring is 1. The summed E-state index contributed by atoms with van der Waals surface area (Å²) in [5, 5.41) is 3.44. The summed E-state index contributed by atoms with van der Waals surface area (Å²) in [6, 6.07) is 0. The zero-order valence-electron chi connectivity index (χ0n) is 10.4. The second kappa shape index (κ2) is 4.46. The van der Waals surface area contributed by atoms with Gasteiger partial charge in [-0.3, -0.25) is 0 Å². The van der Waals surface area contributed by atoms with Crippen molar-refractivity contribution >= 4 is 11.6 Å². The van der Waals surface area contributed by atoms with E-state index in [9.17, 15) is 0 Å². The van der Waals surface area contributed by atoms with E-state index in [4.69, 9.17) is 10.6 Å². The van der Waals surface area contributed by atoms with Crippen molar-refractivity contribution in [3.05, 3.63) is 11.9 Å². The molecule has 1 aliphatic rings. The molecule has 2 unspecified atom stereocenters. The first kappa shape index (κ1) is 12.1. The quantitative estimate of drug-likeness (QED) is 0.538. The van der Waals surface area contributed by atoms with E-state index in [-0.39, 0.29) is 11.6 Å². The summed E-state index contributed by atoms with van der Waals surface area (Å²) >= 11 is 0. The Morgan fingerprint density at radius 3 is 2.76 bits per heavy atom. The summed E-state index contributed by atoms with van der Waals surface area (Å²) in [5.74, 6) is 6.83. The minimum atomic E-state index is -0.0923. The summed E-state index contributed by atoms with van der Waals surface area (Å²) in [5.41, 5.74) is 3.38. The minimum Gasteiger partial charge on any atom is -0.376 e. The van der Waals surface area contributed by atoms with Crippen molar-refractivity contribution < 1.29 is 4.74 Å². The third kappa shape index (κ3) is 2.18. The van der Waals surface area contributed by atoms with Crippen LogP contribution < -0.4 is 16.6 Å². The smallest absolute Gasteiger partial charge is 0.148 e. The maximum atomic E-state index is 5.59. The molecule has 1 aliphatic heterocycles. The molecule has 4 N–H and O–H groups in total. The molecule has 1 saturated heterocycles. The number of nitrogens with two attached hydrogens (primary N) is 1. The highest BCUT2D eigenvalue weighted by Crippen LogP contribution is 2.30. The lowest BCUT2D eigenvalue weighted by molar-refractivity contribution is 0.105. The average molecular weight is 237 g/mol. The lowest BCUT2D eigenvalue weighted by Gasteiger charge is -2.30. The number of ether oxygens (including phenoxy) is 1. The maximum absolute atomic E-state index is 5.59. The van der Waals surface area contributed by atoms with Crippen molar-refractivity contribution in [2.75, 3.05) is 17.3 Å². The predicted octanol–water partition coefficient (Wildman–Crippen LogP) is 1.05. The fraction of sp³-hybridized carbons (Fsp3) is 0.636. The number of hydrazine groups is 1. The van der Waals surface area contributed by atoms with Gasteiger partial charge < -0.3 is 15.5 Å². The highest BCUT2D eigenvalue weighted by molar-refractivity contribution is 5.57. The Balaban J connectivity index is 2.24. The van der Waals surface area contributed by atoms with Gasteiger partial charge in [0, 0.05) is 12.2 Å². The summed E-state index contributed by atoms with van der Waals surface area (Å²) in [7, 11) is 0. The van der Waals surface area contributed by atoms with E-state index in [1.54, 1.807) is 0 Å². The first-order valence-electron chi connectivity index (χ1n) is 5.75. The van der Waals surface area contributed by atoms with Crippen LogP contribution in [0.1, 0.15) is 25.8 Å².